The first-order chi connectivity index (χ1) is 9.66. The van der Waals surface area contributed by atoms with E-state index in [0.29, 0.717) is 6.54 Å². The Morgan fingerprint density at radius 2 is 1.80 bits per heavy atom. The van der Waals surface area contributed by atoms with Crippen molar-refractivity contribution in [1.29, 1.82) is 0 Å². The first-order valence-corrected chi connectivity index (χ1v) is 7.80. The Balaban J connectivity index is 1.91. The first kappa shape index (κ1) is 15.0. The number of rotatable bonds is 5. The van der Waals surface area contributed by atoms with E-state index in [0.717, 1.165) is 19.4 Å². The van der Waals surface area contributed by atoms with Gasteiger partial charge >= 0.3 is 0 Å². The summed E-state index contributed by atoms with van der Waals surface area (Å²) in [7, 11) is 4.30. The zero-order chi connectivity index (χ0) is 14.4. The van der Waals surface area contributed by atoms with Crippen LogP contribution in [0.15, 0.2) is 24.3 Å². The molecule has 2 rings (SSSR count). The molecule has 0 aliphatic heterocycles. The molecule has 1 aliphatic rings. The van der Waals surface area contributed by atoms with Crippen LogP contribution in [0.2, 0.25) is 0 Å². The Morgan fingerprint density at radius 3 is 2.45 bits per heavy atom. The fraction of sp³-hybridized carbons (Fsp3) is 0.588. The molecule has 0 bridgehead atoms. The van der Waals surface area contributed by atoms with Gasteiger partial charge in [0.25, 0.3) is 0 Å². The minimum absolute atomic E-state index is 0.246. The Hall–Kier alpha value is -1.35. The average molecular weight is 275 g/mol. The quantitative estimate of drug-likeness (QED) is 0.839. The minimum atomic E-state index is 0.246. The van der Waals surface area contributed by atoms with Crippen LogP contribution in [0.1, 0.15) is 43.2 Å². The molecule has 1 fully saturated rings. The predicted octanol–water partition coefficient (Wildman–Crippen LogP) is 1.53. The molecule has 0 radical (unpaired) electrons. The summed E-state index contributed by atoms with van der Waals surface area (Å²) in [6, 6.07) is 8.41. The molecule has 0 aromatic heterocycles. The average Bonchev–Trinajstić information content (AvgIpc) is 2.46. The molecule has 2 N–H and O–H groups in total. The predicted molar refractivity (Wildman–Crippen MR) is 81.4 cm³/mol. The van der Waals surface area contributed by atoms with Gasteiger partial charge in [0, 0.05) is 18.0 Å². The summed E-state index contributed by atoms with van der Waals surface area (Å²) in [4.78, 5) is 13.6. The molecule has 1 amide bonds. The van der Waals surface area contributed by atoms with E-state index in [1.165, 1.54) is 35.3 Å². The molecule has 1 saturated carbocycles. The number of nitrogens with one attached hydrogen (secondary N) is 2. The van der Waals surface area contributed by atoms with Crippen LogP contribution in [-0.4, -0.2) is 20.0 Å². The molecule has 110 valence electrons. The van der Waals surface area contributed by atoms with E-state index >= 15 is 0 Å². The van der Waals surface area contributed by atoms with Crippen molar-refractivity contribution in [2.45, 2.75) is 45.2 Å². The molecule has 3 nitrogen and oxygen atoms in total. The summed E-state index contributed by atoms with van der Waals surface area (Å²) < 4.78 is 0. The number of hydrogen-bond donors (Lipinski definition) is 2. The highest BCUT2D eigenvalue weighted by Crippen LogP contribution is 2.23. The highest BCUT2D eigenvalue weighted by molar-refractivity contribution is 5.78. The number of hydrogen-bond acceptors (Lipinski definition) is 1. The largest absolute Gasteiger partial charge is 0.352 e. The summed E-state index contributed by atoms with van der Waals surface area (Å²) in [5, 5.41) is 3.13. The van der Waals surface area contributed by atoms with E-state index in [1.54, 1.807) is 0 Å². The minimum Gasteiger partial charge on any atom is -0.352 e. The van der Waals surface area contributed by atoms with Crippen molar-refractivity contribution in [3.05, 3.63) is 35.4 Å². The van der Waals surface area contributed by atoms with Gasteiger partial charge in [-0.2, -0.15) is 0 Å². The van der Waals surface area contributed by atoms with Gasteiger partial charge in [-0.3, -0.25) is 4.79 Å². The van der Waals surface area contributed by atoms with Gasteiger partial charge in [0.05, 0.1) is 14.1 Å². The van der Waals surface area contributed by atoms with Crippen LogP contribution in [-0.2, 0) is 17.9 Å². The molecule has 0 spiro atoms. The molecule has 1 aliphatic carbocycles. The van der Waals surface area contributed by atoms with Crippen LogP contribution >= 0.6 is 0 Å². The topological polar surface area (TPSA) is 33.5 Å². The third-order valence-electron chi connectivity index (χ3n) is 4.09. The third-order valence-corrected chi connectivity index (χ3v) is 4.09. The molecule has 1 aromatic rings. The van der Waals surface area contributed by atoms with Gasteiger partial charge in [0.1, 0.15) is 6.54 Å². The van der Waals surface area contributed by atoms with E-state index in [2.05, 4.69) is 43.7 Å². The van der Waals surface area contributed by atoms with E-state index in [-0.39, 0.29) is 11.8 Å². The van der Waals surface area contributed by atoms with Crippen LogP contribution in [0.3, 0.4) is 0 Å². The molecule has 0 saturated heterocycles. The van der Waals surface area contributed by atoms with E-state index in [4.69, 9.17) is 0 Å². The number of quaternary nitrogens is 1. The van der Waals surface area contributed by atoms with E-state index < -0.39 is 0 Å². The van der Waals surface area contributed by atoms with Crippen molar-refractivity contribution in [3.63, 3.8) is 0 Å². The monoisotopic (exact) mass is 275 g/mol. The van der Waals surface area contributed by atoms with Gasteiger partial charge in [-0.25, -0.2) is 0 Å². The maximum Gasteiger partial charge on any atom is 0.223 e. The molecule has 1 aromatic carbocycles. The molecule has 3 heteroatoms. The summed E-state index contributed by atoms with van der Waals surface area (Å²) in [5.41, 5.74) is 2.58. The molecule has 20 heavy (non-hydrogen) atoms. The highest BCUT2D eigenvalue weighted by Gasteiger charge is 2.20. The Kier molecular flexibility index (Phi) is 5.60. The van der Waals surface area contributed by atoms with Crippen molar-refractivity contribution in [2.24, 2.45) is 5.92 Å². The van der Waals surface area contributed by atoms with Crippen molar-refractivity contribution < 1.29 is 9.69 Å². The zero-order valence-electron chi connectivity index (χ0n) is 12.7. The number of carbonyl (C=O) groups excluding carboxylic acids is 1. The van der Waals surface area contributed by atoms with Crippen LogP contribution in [0.5, 0.6) is 0 Å². The van der Waals surface area contributed by atoms with Crippen molar-refractivity contribution in [3.8, 4) is 0 Å². The second-order valence-corrected chi connectivity index (χ2v) is 6.21. The number of benzene rings is 1. The van der Waals surface area contributed by atoms with Crippen molar-refractivity contribution in [2.75, 3.05) is 14.1 Å². The smallest absolute Gasteiger partial charge is 0.223 e. The van der Waals surface area contributed by atoms with Gasteiger partial charge in [0.2, 0.25) is 5.91 Å². The molecule has 0 heterocycles. The Bertz CT molecular complexity index is 436. The molecule has 0 unspecified atom stereocenters. The van der Waals surface area contributed by atoms with E-state index in [9.17, 15) is 4.79 Å². The molecule has 0 atom stereocenters. The highest BCUT2D eigenvalue weighted by atomic mass is 16.1. The Labute approximate surface area is 122 Å². The SMILES string of the molecule is C[NH+](C)Cc1ccccc1CNC(=O)C1CCCCC1. The maximum absolute atomic E-state index is 12.2. The van der Waals surface area contributed by atoms with Gasteiger partial charge in [-0.15, -0.1) is 0 Å². The number of amides is 1. The van der Waals surface area contributed by atoms with Crippen LogP contribution in [0.4, 0.5) is 0 Å². The summed E-state index contributed by atoms with van der Waals surface area (Å²) in [5.74, 6) is 0.493. The fourth-order valence-electron chi connectivity index (χ4n) is 2.97. The van der Waals surface area contributed by atoms with Gasteiger partial charge in [0.15, 0.2) is 0 Å². The van der Waals surface area contributed by atoms with Crippen molar-refractivity contribution in [1.82, 2.24) is 5.32 Å². The lowest BCUT2D eigenvalue weighted by molar-refractivity contribution is -0.872. The standard InChI is InChI=1S/C17H26N2O/c1-19(2)13-16-11-7-6-10-15(16)12-18-17(20)14-8-4-3-5-9-14/h6-7,10-11,14H,3-5,8-9,12-13H2,1-2H3,(H,18,20)/p+1. The molecular weight excluding hydrogens is 248 g/mol. The lowest BCUT2D eigenvalue weighted by atomic mass is 9.88. The van der Waals surface area contributed by atoms with Crippen LogP contribution in [0.25, 0.3) is 0 Å². The number of carbonyl (C=O) groups is 1. The normalized spacial score (nSPS) is 16.4. The summed E-state index contributed by atoms with van der Waals surface area (Å²) >= 11 is 0. The zero-order valence-corrected chi connectivity index (χ0v) is 12.7. The molecular formula is C17H27N2O+. The summed E-state index contributed by atoms with van der Waals surface area (Å²) in [6.45, 7) is 1.66. The second kappa shape index (κ2) is 7.44. The Morgan fingerprint density at radius 1 is 1.15 bits per heavy atom. The second-order valence-electron chi connectivity index (χ2n) is 6.21. The van der Waals surface area contributed by atoms with Gasteiger partial charge < -0.3 is 10.2 Å². The maximum atomic E-state index is 12.2. The van der Waals surface area contributed by atoms with E-state index in [1.807, 2.05) is 0 Å². The van der Waals surface area contributed by atoms with Gasteiger partial charge in [-0.1, -0.05) is 43.5 Å². The third kappa shape index (κ3) is 4.34. The van der Waals surface area contributed by atoms with Gasteiger partial charge in [-0.05, 0) is 18.4 Å². The first-order valence-electron chi connectivity index (χ1n) is 7.80. The van der Waals surface area contributed by atoms with Crippen LogP contribution < -0.4 is 10.2 Å². The van der Waals surface area contributed by atoms with Crippen LogP contribution in [0, 0.1) is 5.92 Å². The fourth-order valence-corrected chi connectivity index (χ4v) is 2.97. The lowest BCUT2D eigenvalue weighted by Gasteiger charge is -2.21. The summed E-state index contributed by atoms with van der Waals surface area (Å²) in [6.07, 6.45) is 5.83. The lowest BCUT2D eigenvalue weighted by Crippen LogP contribution is -3.04. The van der Waals surface area contributed by atoms with Crippen molar-refractivity contribution >= 4 is 5.91 Å².